The molecule has 0 bridgehead atoms. The Balaban J connectivity index is 2.81. The highest BCUT2D eigenvalue weighted by atomic mass is 32.2. The van der Waals surface area contributed by atoms with Gasteiger partial charge in [-0.1, -0.05) is 38.0 Å². The minimum atomic E-state index is 0.498. The van der Waals surface area contributed by atoms with Crippen LogP contribution in [0.1, 0.15) is 61.4 Å². The summed E-state index contributed by atoms with van der Waals surface area (Å²) in [6.07, 6.45) is 3.82. The first-order chi connectivity index (χ1) is 9.60. The Morgan fingerprint density at radius 1 is 1.05 bits per heavy atom. The van der Waals surface area contributed by atoms with Crippen molar-refractivity contribution in [1.29, 1.82) is 0 Å². The average molecular weight is 294 g/mol. The normalized spacial score (nSPS) is 12.7. The first-order valence-electron chi connectivity index (χ1n) is 7.99. The predicted molar refractivity (Wildman–Crippen MR) is 93.9 cm³/mol. The summed E-state index contributed by atoms with van der Waals surface area (Å²) in [5.41, 5.74) is 5.77. The molecule has 1 N–H and O–H groups in total. The van der Waals surface area contributed by atoms with Gasteiger partial charge in [-0.3, -0.25) is 0 Å². The highest BCUT2D eigenvalue weighted by Crippen LogP contribution is 2.26. The topological polar surface area (TPSA) is 12.0 Å². The number of nitrogens with one attached hydrogen (secondary N) is 1. The molecule has 0 aliphatic rings. The molecule has 0 fully saturated rings. The Morgan fingerprint density at radius 3 is 2.25 bits per heavy atom. The van der Waals surface area contributed by atoms with Crippen LogP contribution in [0.2, 0.25) is 0 Å². The van der Waals surface area contributed by atoms with Crippen molar-refractivity contribution in [2.45, 2.75) is 59.9 Å². The van der Waals surface area contributed by atoms with E-state index in [2.05, 4.69) is 63.8 Å². The van der Waals surface area contributed by atoms with E-state index in [1.165, 1.54) is 53.0 Å². The minimum Gasteiger partial charge on any atom is -0.309 e. The highest BCUT2D eigenvalue weighted by molar-refractivity contribution is 7.99. The third-order valence-electron chi connectivity index (χ3n) is 3.65. The lowest BCUT2D eigenvalue weighted by atomic mass is 9.95. The standard InChI is InChI=1S/C18H31NS/c1-6-8-10-20-13-17(19-9-7-2)18-15(4)11-14(3)12-16(18)5/h11-12,17,19H,6-10,13H2,1-5H3. The van der Waals surface area contributed by atoms with Crippen molar-refractivity contribution < 1.29 is 0 Å². The van der Waals surface area contributed by atoms with Crippen molar-refractivity contribution >= 4 is 11.8 Å². The average Bonchev–Trinajstić information content (AvgIpc) is 2.38. The Labute approximate surface area is 129 Å². The zero-order chi connectivity index (χ0) is 15.0. The molecule has 0 saturated carbocycles. The first-order valence-corrected chi connectivity index (χ1v) is 9.14. The summed E-state index contributed by atoms with van der Waals surface area (Å²) in [5.74, 6) is 2.47. The van der Waals surface area contributed by atoms with Crippen LogP contribution in [0.15, 0.2) is 12.1 Å². The van der Waals surface area contributed by atoms with Gasteiger partial charge < -0.3 is 5.32 Å². The molecule has 2 heteroatoms. The van der Waals surface area contributed by atoms with Crippen molar-refractivity contribution in [3.05, 3.63) is 34.4 Å². The number of hydrogen-bond donors (Lipinski definition) is 1. The maximum absolute atomic E-state index is 3.74. The molecule has 0 spiro atoms. The fourth-order valence-electron chi connectivity index (χ4n) is 2.75. The van der Waals surface area contributed by atoms with Crippen LogP contribution in [0.5, 0.6) is 0 Å². The maximum atomic E-state index is 3.74. The van der Waals surface area contributed by atoms with Crippen molar-refractivity contribution in [3.8, 4) is 0 Å². The second kappa shape index (κ2) is 9.46. The highest BCUT2D eigenvalue weighted by Gasteiger charge is 2.15. The zero-order valence-electron chi connectivity index (χ0n) is 13.9. The van der Waals surface area contributed by atoms with Gasteiger partial charge in [0.05, 0.1) is 0 Å². The summed E-state index contributed by atoms with van der Waals surface area (Å²) in [5, 5.41) is 3.74. The van der Waals surface area contributed by atoms with Crippen LogP contribution < -0.4 is 5.32 Å². The van der Waals surface area contributed by atoms with E-state index in [1.807, 2.05) is 0 Å². The van der Waals surface area contributed by atoms with Crippen molar-refractivity contribution in [3.63, 3.8) is 0 Å². The first kappa shape index (κ1) is 17.6. The number of rotatable bonds is 9. The van der Waals surface area contributed by atoms with E-state index in [1.54, 1.807) is 0 Å². The third-order valence-corrected chi connectivity index (χ3v) is 4.80. The smallest absolute Gasteiger partial charge is 0.0417 e. The van der Waals surface area contributed by atoms with Crippen LogP contribution in [-0.4, -0.2) is 18.1 Å². The molecule has 1 aromatic rings. The summed E-state index contributed by atoms with van der Waals surface area (Å²) in [4.78, 5) is 0. The molecular weight excluding hydrogens is 262 g/mol. The van der Waals surface area contributed by atoms with Gasteiger partial charge in [0.1, 0.15) is 0 Å². The van der Waals surface area contributed by atoms with E-state index >= 15 is 0 Å². The largest absolute Gasteiger partial charge is 0.309 e. The fourth-order valence-corrected chi connectivity index (χ4v) is 3.93. The quantitative estimate of drug-likeness (QED) is 0.629. The predicted octanol–water partition coefficient (Wildman–Crippen LogP) is 5.19. The number of aryl methyl sites for hydroxylation is 3. The molecule has 0 saturated heterocycles. The van der Waals surface area contributed by atoms with Crippen molar-refractivity contribution in [2.75, 3.05) is 18.1 Å². The Hall–Kier alpha value is -0.470. The van der Waals surface area contributed by atoms with E-state index in [9.17, 15) is 0 Å². The van der Waals surface area contributed by atoms with Gasteiger partial charge in [-0.2, -0.15) is 11.8 Å². The summed E-state index contributed by atoms with van der Waals surface area (Å²) in [6.45, 7) is 12.3. The van der Waals surface area contributed by atoms with Gasteiger partial charge in [0, 0.05) is 11.8 Å². The Kier molecular flexibility index (Phi) is 8.32. The van der Waals surface area contributed by atoms with E-state index in [0.29, 0.717) is 6.04 Å². The lowest BCUT2D eigenvalue weighted by Crippen LogP contribution is -2.26. The molecule has 114 valence electrons. The molecule has 0 radical (unpaired) electrons. The van der Waals surface area contributed by atoms with Gasteiger partial charge in [-0.25, -0.2) is 0 Å². The number of benzene rings is 1. The van der Waals surface area contributed by atoms with Crippen LogP contribution in [0.25, 0.3) is 0 Å². The fraction of sp³-hybridized carbons (Fsp3) is 0.667. The molecule has 1 aromatic carbocycles. The third kappa shape index (κ3) is 5.49. The second-order valence-electron chi connectivity index (χ2n) is 5.75. The molecule has 1 rings (SSSR count). The summed E-state index contributed by atoms with van der Waals surface area (Å²) in [6, 6.07) is 5.14. The molecular formula is C18H31NS. The molecule has 0 aromatic heterocycles. The van der Waals surface area contributed by atoms with Crippen molar-refractivity contribution in [2.24, 2.45) is 0 Å². The number of hydrogen-bond acceptors (Lipinski definition) is 2. The van der Waals surface area contributed by atoms with Gasteiger partial charge in [0.2, 0.25) is 0 Å². The molecule has 0 aliphatic heterocycles. The molecule has 1 atom stereocenters. The number of unbranched alkanes of at least 4 members (excludes halogenated alkanes) is 1. The molecule has 0 heterocycles. The van der Waals surface area contributed by atoms with Crippen LogP contribution in [0, 0.1) is 20.8 Å². The van der Waals surface area contributed by atoms with Crippen LogP contribution in [0.3, 0.4) is 0 Å². The van der Waals surface area contributed by atoms with E-state index in [-0.39, 0.29) is 0 Å². The van der Waals surface area contributed by atoms with Gasteiger partial charge in [-0.15, -0.1) is 0 Å². The lowest BCUT2D eigenvalue weighted by Gasteiger charge is -2.23. The van der Waals surface area contributed by atoms with E-state index < -0.39 is 0 Å². The molecule has 20 heavy (non-hydrogen) atoms. The monoisotopic (exact) mass is 293 g/mol. The van der Waals surface area contributed by atoms with Gasteiger partial charge in [0.15, 0.2) is 0 Å². The van der Waals surface area contributed by atoms with Crippen LogP contribution in [0.4, 0.5) is 0 Å². The molecule has 0 amide bonds. The summed E-state index contributed by atoms with van der Waals surface area (Å²) < 4.78 is 0. The van der Waals surface area contributed by atoms with Gasteiger partial charge in [-0.05, 0) is 62.6 Å². The molecule has 1 nitrogen and oxygen atoms in total. The second-order valence-corrected chi connectivity index (χ2v) is 6.90. The Bertz CT molecular complexity index is 377. The summed E-state index contributed by atoms with van der Waals surface area (Å²) >= 11 is 2.09. The minimum absolute atomic E-state index is 0.498. The zero-order valence-corrected chi connectivity index (χ0v) is 14.7. The van der Waals surface area contributed by atoms with E-state index in [4.69, 9.17) is 0 Å². The maximum Gasteiger partial charge on any atom is 0.0417 e. The Morgan fingerprint density at radius 2 is 1.70 bits per heavy atom. The summed E-state index contributed by atoms with van der Waals surface area (Å²) in [7, 11) is 0. The SMILES string of the molecule is CCCCSCC(NCCC)c1c(C)cc(C)cc1C. The van der Waals surface area contributed by atoms with Crippen LogP contribution >= 0.6 is 11.8 Å². The van der Waals surface area contributed by atoms with Gasteiger partial charge >= 0.3 is 0 Å². The molecule has 1 unspecified atom stereocenters. The molecule has 0 aliphatic carbocycles. The number of thioether (sulfide) groups is 1. The van der Waals surface area contributed by atoms with Gasteiger partial charge in [0.25, 0.3) is 0 Å². The van der Waals surface area contributed by atoms with Crippen LogP contribution in [-0.2, 0) is 0 Å². The van der Waals surface area contributed by atoms with E-state index in [0.717, 1.165) is 6.54 Å². The van der Waals surface area contributed by atoms with Crippen molar-refractivity contribution in [1.82, 2.24) is 5.32 Å². The lowest BCUT2D eigenvalue weighted by molar-refractivity contribution is 0.572.